The highest BCUT2D eigenvalue weighted by Gasteiger charge is 2.14. The maximum absolute atomic E-state index is 11.7. The summed E-state index contributed by atoms with van der Waals surface area (Å²) >= 11 is 0. The van der Waals surface area contributed by atoms with Gasteiger partial charge in [-0.1, -0.05) is 31.9 Å². The van der Waals surface area contributed by atoms with Crippen LogP contribution in [0.15, 0.2) is 24.3 Å². The monoisotopic (exact) mass is 236 g/mol. The normalized spacial score (nSPS) is 12.2. The first-order valence-electron chi connectivity index (χ1n) is 6.01. The Balaban J connectivity index is 2.49. The molecule has 0 saturated carbocycles. The van der Waals surface area contributed by atoms with E-state index in [9.17, 15) is 9.90 Å². The number of hydrogen-bond acceptors (Lipinski definition) is 3. The molecule has 0 radical (unpaired) electrons. The molecule has 0 amide bonds. The van der Waals surface area contributed by atoms with E-state index in [-0.39, 0.29) is 12.2 Å². The van der Waals surface area contributed by atoms with Crippen molar-refractivity contribution in [3.05, 3.63) is 29.8 Å². The SMILES string of the molecule is CCCCC(O)C(=O)Cc1ccc(OC)cc1. The summed E-state index contributed by atoms with van der Waals surface area (Å²) in [7, 11) is 1.61. The zero-order valence-electron chi connectivity index (χ0n) is 10.5. The fourth-order valence-electron chi connectivity index (χ4n) is 1.62. The molecule has 1 N–H and O–H groups in total. The van der Waals surface area contributed by atoms with Gasteiger partial charge in [0.25, 0.3) is 0 Å². The Hall–Kier alpha value is -1.35. The van der Waals surface area contributed by atoms with Crippen LogP contribution in [-0.2, 0) is 11.2 Å². The summed E-state index contributed by atoms with van der Waals surface area (Å²) in [5.41, 5.74) is 0.909. The molecule has 94 valence electrons. The first kappa shape index (κ1) is 13.7. The third kappa shape index (κ3) is 4.57. The van der Waals surface area contributed by atoms with Crippen LogP contribution in [0.5, 0.6) is 5.75 Å². The number of methoxy groups -OCH3 is 1. The van der Waals surface area contributed by atoms with E-state index < -0.39 is 6.10 Å². The summed E-state index contributed by atoms with van der Waals surface area (Å²) in [6, 6.07) is 7.34. The number of aliphatic hydroxyl groups is 1. The van der Waals surface area contributed by atoms with E-state index in [4.69, 9.17) is 4.74 Å². The number of benzene rings is 1. The van der Waals surface area contributed by atoms with Gasteiger partial charge in [0, 0.05) is 6.42 Å². The number of aliphatic hydroxyl groups excluding tert-OH is 1. The second-order valence-electron chi connectivity index (χ2n) is 4.15. The van der Waals surface area contributed by atoms with Crippen molar-refractivity contribution in [3.63, 3.8) is 0 Å². The van der Waals surface area contributed by atoms with Gasteiger partial charge in [-0.05, 0) is 24.1 Å². The van der Waals surface area contributed by atoms with E-state index in [2.05, 4.69) is 0 Å². The maximum Gasteiger partial charge on any atom is 0.165 e. The molecule has 1 aromatic carbocycles. The summed E-state index contributed by atoms with van der Waals surface area (Å²) < 4.78 is 5.04. The van der Waals surface area contributed by atoms with Gasteiger partial charge < -0.3 is 9.84 Å². The summed E-state index contributed by atoms with van der Waals surface area (Å²) in [5, 5.41) is 9.64. The summed E-state index contributed by atoms with van der Waals surface area (Å²) in [4.78, 5) is 11.7. The first-order valence-corrected chi connectivity index (χ1v) is 6.01. The average molecular weight is 236 g/mol. The number of carbonyl (C=O) groups excluding carboxylic acids is 1. The molecule has 0 fully saturated rings. The molecule has 0 aliphatic carbocycles. The zero-order chi connectivity index (χ0) is 12.7. The number of Topliss-reactive ketones (excluding diaryl/α,β-unsaturated/α-hetero) is 1. The average Bonchev–Trinajstić information content (AvgIpc) is 2.36. The van der Waals surface area contributed by atoms with Crippen LogP contribution >= 0.6 is 0 Å². The van der Waals surface area contributed by atoms with Gasteiger partial charge in [0.05, 0.1) is 7.11 Å². The van der Waals surface area contributed by atoms with Crippen molar-refractivity contribution in [1.29, 1.82) is 0 Å². The van der Waals surface area contributed by atoms with Crippen molar-refractivity contribution in [1.82, 2.24) is 0 Å². The van der Waals surface area contributed by atoms with Gasteiger partial charge in [0.15, 0.2) is 5.78 Å². The number of rotatable bonds is 7. The summed E-state index contributed by atoms with van der Waals surface area (Å²) in [6.45, 7) is 2.04. The number of carbonyl (C=O) groups is 1. The quantitative estimate of drug-likeness (QED) is 0.790. The Labute approximate surface area is 102 Å². The van der Waals surface area contributed by atoms with Crippen molar-refractivity contribution in [3.8, 4) is 5.75 Å². The fraction of sp³-hybridized carbons (Fsp3) is 0.500. The molecule has 0 aliphatic heterocycles. The molecule has 0 aliphatic rings. The minimum Gasteiger partial charge on any atom is -0.497 e. The lowest BCUT2D eigenvalue weighted by Gasteiger charge is -2.09. The predicted octanol–water partition coefficient (Wildman–Crippen LogP) is 2.36. The minimum atomic E-state index is -0.822. The van der Waals surface area contributed by atoms with Crippen LogP contribution in [0.2, 0.25) is 0 Å². The molecular formula is C14H20O3. The van der Waals surface area contributed by atoms with Gasteiger partial charge in [-0.3, -0.25) is 4.79 Å². The Morgan fingerprint density at radius 3 is 2.53 bits per heavy atom. The smallest absolute Gasteiger partial charge is 0.165 e. The van der Waals surface area contributed by atoms with Crippen LogP contribution < -0.4 is 4.74 Å². The predicted molar refractivity (Wildman–Crippen MR) is 67.2 cm³/mol. The molecule has 1 atom stereocenters. The topological polar surface area (TPSA) is 46.5 Å². The standard InChI is InChI=1S/C14H20O3/c1-3-4-5-13(15)14(16)10-11-6-8-12(17-2)9-7-11/h6-9,13,15H,3-5,10H2,1-2H3. The van der Waals surface area contributed by atoms with Gasteiger partial charge in [0.1, 0.15) is 11.9 Å². The largest absolute Gasteiger partial charge is 0.497 e. The molecule has 1 rings (SSSR count). The molecule has 0 saturated heterocycles. The van der Waals surface area contributed by atoms with Crippen LogP contribution in [0.25, 0.3) is 0 Å². The molecule has 1 unspecified atom stereocenters. The van der Waals surface area contributed by atoms with Crippen molar-refractivity contribution in [2.45, 2.75) is 38.7 Å². The van der Waals surface area contributed by atoms with Gasteiger partial charge in [-0.25, -0.2) is 0 Å². The first-order chi connectivity index (χ1) is 8.17. The van der Waals surface area contributed by atoms with Crippen LogP contribution in [0.3, 0.4) is 0 Å². The van der Waals surface area contributed by atoms with Crippen molar-refractivity contribution in [2.75, 3.05) is 7.11 Å². The minimum absolute atomic E-state index is 0.108. The number of ketones is 1. The number of hydrogen-bond donors (Lipinski definition) is 1. The molecule has 1 aromatic rings. The highest BCUT2D eigenvalue weighted by Crippen LogP contribution is 2.13. The Morgan fingerprint density at radius 1 is 1.35 bits per heavy atom. The third-order valence-electron chi connectivity index (χ3n) is 2.74. The van der Waals surface area contributed by atoms with Crippen molar-refractivity contribution >= 4 is 5.78 Å². The van der Waals surface area contributed by atoms with Gasteiger partial charge in [-0.15, -0.1) is 0 Å². The molecule has 0 aromatic heterocycles. The second kappa shape index (κ2) is 7.07. The fourth-order valence-corrected chi connectivity index (χ4v) is 1.62. The van der Waals surface area contributed by atoms with E-state index >= 15 is 0 Å². The molecule has 3 heteroatoms. The zero-order valence-corrected chi connectivity index (χ0v) is 10.5. The van der Waals surface area contributed by atoms with Gasteiger partial charge in [0.2, 0.25) is 0 Å². The van der Waals surface area contributed by atoms with Crippen LogP contribution in [0.1, 0.15) is 31.7 Å². The van der Waals surface area contributed by atoms with Gasteiger partial charge >= 0.3 is 0 Å². The number of unbranched alkanes of at least 4 members (excludes halogenated alkanes) is 1. The van der Waals surface area contributed by atoms with Crippen molar-refractivity contribution < 1.29 is 14.6 Å². The van der Waals surface area contributed by atoms with Crippen molar-refractivity contribution in [2.24, 2.45) is 0 Å². The van der Waals surface area contributed by atoms with Crippen LogP contribution in [0, 0.1) is 0 Å². The molecule has 0 bridgehead atoms. The Kier molecular flexibility index (Phi) is 5.70. The lowest BCUT2D eigenvalue weighted by molar-refractivity contribution is -0.126. The highest BCUT2D eigenvalue weighted by molar-refractivity contribution is 5.84. The summed E-state index contributed by atoms with van der Waals surface area (Å²) in [5.74, 6) is 0.663. The lowest BCUT2D eigenvalue weighted by Crippen LogP contribution is -2.22. The van der Waals surface area contributed by atoms with Gasteiger partial charge in [-0.2, -0.15) is 0 Å². The van der Waals surface area contributed by atoms with E-state index in [1.807, 2.05) is 31.2 Å². The van der Waals surface area contributed by atoms with E-state index in [0.717, 1.165) is 24.2 Å². The lowest BCUT2D eigenvalue weighted by atomic mass is 10.0. The van der Waals surface area contributed by atoms with Crippen LogP contribution in [-0.4, -0.2) is 24.1 Å². The molecule has 17 heavy (non-hydrogen) atoms. The summed E-state index contributed by atoms with van der Waals surface area (Å²) in [6.07, 6.45) is 1.90. The van der Waals surface area contributed by atoms with E-state index in [0.29, 0.717) is 6.42 Å². The van der Waals surface area contributed by atoms with E-state index in [1.54, 1.807) is 7.11 Å². The molecule has 3 nitrogen and oxygen atoms in total. The highest BCUT2D eigenvalue weighted by atomic mass is 16.5. The van der Waals surface area contributed by atoms with Crippen LogP contribution in [0.4, 0.5) is 0 Å². The second-order valence-corrected chi connectivity index (χ2v) is 4.15. The third-order valence-corrected chi connectivity index (χ3v) is 2.74. The number of ether oxygens (including phenoxy) is 1. The molecule has 0 spiro atoms. The molecular weight excluding hydrogens is 216 g/mol. The Bertz CT molecular complexity index is 343. The maximum atomic E-state index is 11.7. The van der Waals surface area contributed by atoms with E-state index in [1.165, 1.54) is 0 Å². The molecule has 0 heterocycles. The Morgan fingerprint density at radius 2 is 2.00 bits per heavy atom.